The Kier molecular flexibility index (Phi) is 5.15. The monoisotopic (exact) mass is 387 g/mol. The van der Waals surface area contributed by atoms with Crippen LogP contribution in [-0.2, 0) is 12.1 Å². The van der Waals surface area contributed by atoms with Gasteiger partial charge in [0.25, 0.3) is 0 Å². The second kappa shape index (κ2) is 6.47. The number of benzene rings is 1. The fourth-order valence-electron chi connectivity index (χ4n) is 2.06. The van der Waals surface area contributed by atoms with Crippen molar-refractivity contribution in [3.63, 3.8) is 0 Å². The van der Waals surface area contributed by atoms with E-state index >= 15 is 0 Å². The van der Waals surface area contributed by atoms with E-state index < -0.39 is 22.5 Å². The molecule has 1 N–H and O–H groups in total. The van der Waals surface area contributed by atoms with Crippen LogP contribution in [0, 0.1) is 0 Å². The van der Waals surface area contributed by atoms with Crippen molar-refractivity contribution in [2.24, 2.45) is 0 Å². The third-order valence-corrected chi connectivity index (χ3v) is 4.15. The first-order valence-corrected chi connectivity index (χ1v) is 7.42. The Labute approximate surface area is 144 Å². The maximum atomic E-state index is 13.0. The Balaban J connectivity index is 2.40. The molecule has 0 fully saturated rings. The zero-order valence-electron chi connectivity index (χ0n) is 11.4. The highest BCUT2D eigenvalue weighted by atomic mass is 35.5. The second-order valence-electron chi connectivity index (χ2n) is 5.01. The maximum absolute atomic E-state index is 13.0. The highest BCUT2D eigenvalue weighted by molar-refractivity contribution is 6.49. The topological polar surface area (TPSA) is 50.9 Å². The number of hydrogen-bond donors (Lipinski definition) is 1. The van der Waals surface area contributed by atoms with E-state index in [1.54, 1.807) is 0 Å². The molecule has 0 spiro atoms. The van der Waals surface area contributed by atoms with Gasteiger partial charge in [-0.05, 0) is 17.7 Å². The molecule has 1 heterocycles. The van der Waals surface area contributed by atoms with Crippen LogP contribution in [0.1, 0.15) is 12.0 Å². The molecule has 1 unspecified atom stereocenters. The molecule has 4 nitrogen and oxygen atoms in total. The SMILES string of the molecule is OC(Cn1cncn1)(CC(Cl)(Cl)C(F)(F)F)c1ccc(Cl)cc1. The lowest BCUT2D eigenvalue weighted by molar-refractivity contribution is -0.156. The van der Waals surface area contributed by atoms with Gasteiger partial charge >= 0.3 is 6.18 Å². The third kappa shape index (κ3) is 4.29. The van der Waals surface area contributed by atoms with Gasteiger partial charge in [0.05, 0.1) is 6.54 Å². The van der Waals surface area contributed by atoms with Crippen molar-refractivity contribution in [2.45, 2.75) is 29.1 Å². The van der Waals surface area contributed by atoms with E-state index in [9.17, 15) is 18.3 Å². The summed E-state index contributed by atoms with van der Waals surface area (Å²) in [6, 6.07) is 5.70. The summed E-state index contributed by atoms with van der Waals surface area (Å²) in [6.45, 7) is -0.314. The van der Waals surface area contributed by atoms with Crippen LogP contribution < -0.4 is 0 Å². The molecule has 2 rings (SSSR count). The highest BCUT2D eigenvalue weighted by Crippen LogP contribution is 2.48. The first-order chi connectivity index (χ1) is 10.5. The van der Waals surface area contributed by atoms with E-state index in [4.69, 9.17) is 34.8 Å². The van der Waals surface area contributed by atoms with Gasteiger partial charge in [0, 0.05) is 11.4 Å². The van der Waals surface area contributed by atoms with E-state index in [0.29, 0.717) is 5.02 Å². The number of aliphatic hydroxyl groups is 1. The molecular weight excluding hydrogens is 378 g/mol. The molecular formula is C13H11Cl3F3N3O. The van der Waals surface area contributed by atoms with Gasteiger partial charge in [0.2, 0.25) is 4.33 Å². The summed E-state index contributed by atoms with van der Waals surface area (Å²) in [5.41, 5.74) is -1.86. The lowest BCUT2D eigenvalue weighted by Crippen LogP contribution is -2.44. The van der Waals surface area contributed by atoms with Gasteiger partial charge in [-0.2, -0.15) is 18.3 Å². The molecule has 0 saturated heterocycles. The molecule has 0 aliphatic carbocycles. The summed E-state index contributed by atoms with van der Waals surface area (Å²) < 4.78 is 37.0. The number of hydrogen-bond acceptors (Lipinski definition) is 3. The van der Waals surface area contributed by atoms with E-state index in [1.807, 2.05) is 0 Å². The molecule has 0 amide bonds. The molecule has 10 heteroatoms. The fourth-order valence-corrected chi connectivity index (χ4v) is 2.63. The van der Waals surface area contributed by atoms with Crippen molar-refractivity contribution in [2.75, 3.05) is 0 Å². The molecule has 0 saturated carbocycles. The standard InChI is InChI=1S/C13H11Cl3F3N3O/c14-10-3-1-9(2-4-10)11(23,6-22-8-20-7-21-22)5-12(15,16)13(17,18)19/h1-4,7-8,23H,5-6H2. The lowest BCUT2D eigenvalue weighted by atomic mass is 9.88. The molecule has 1 aromatic heterocycles. The van der Waals surface area contributed by atoms with Crippen LogP contribution in [0.15, 0.2) is 36.9 Å². The maximum Gasteiger partial charge on any atom is 0.421 e. The van der Waals surface area contributed by atoms with E-state index in [0.717, 1.165) is 0 Å². The average Bonchev–Trinajstić information content (AvgIpc) is 2.89. The van der Waals surface area contributed by atoms with E-state index in [-0.39, 0.29) is 12.1 Å². The quantitative estimate of drug-likeness (QED) is 0.789. The first-order valence-electron chi connectivity index (χ1n) is 6.29. The minimum atomic E-state index is -4.92. The van der Waals surface area contributed by atoms with Gasteiger partial charge in [-0.15, -0.1) is 0 Å². The van der Waals surface area contributed by atoms with Gasteiger partial charge in [-0.25, -0.2) is 9.67 Å². The van der Waals surface area contributed by atoms with Gasteiger partial charge in [0.1, 0.15) is 18.3 Å². The van der Waals surface area contributed by atoms with Crippen LogP contribution in [-0.4, -0.2) is 30.4 Å². The minimum absolute atomic E-state index is 0.173. The molecule has 2 aromatic rings. The van der Waals surface area contributed by atoms with Gasteiger partial charge in [-0.3, -0.25) is 0 Å². The zero-order chi connectivity index (χ0) is 17.3. The van der Waals surface area contributed by atoms with Crippen LogP contribution in [0.25, 0.3) is 0 Å². The molecule has 1 aromatic carbocycles. The average molecular weight is 389 g/mol. The molecule has 0 aliphatic heterocycles. The summed E-state index contributed by atoms with van der Waals surface area (Å²) >= 11 is 16.6. The number of rotatable bonds is 5. The Morgan fingerprint density at radius 1 is 1.13 bits per heavy atom. The van der Waals surface area contributed by atoms with Crippen molar-refractivity contribution in [3.8, 4) is 0 Å². The van der Waals surface area contributed by atoms with Crippen molar-refractivity contribution in [1.29, 1.82) is 0 Å². The van der Waals surface area contributed by atoms with Crippen LogP contribution in [0.2, 0.25) is 5.02 Å². The van der Waals surface area contributed by atoms with Crippen molar-refractivity contribution >= 4 is 34.8 Å². The molecule has 0 radical (unpaired) electrons. The Bertz CT molecular complexity index is 647. The summed E-state index contributed by atoms with van der Waals surface area (Å²) in [4.78, 5) is 3.69. The predicted molar refractivity (Wildman–Crippen MR) is 80.5 cm³/mol. The minimum Gasteiger partial charge on any atom is -0.383 e. The molecule has 0 aliphatic rings. The number of nitrogens with zero attached hydrogens (tertiary/aromatic N) is 3. The molecule has 0 bridgehead atoms. The van der Waals surface area contributed by atoms with Crippen molar-refractivity contribution in [3.05, 3.63) is 47.5 Å². The van der Waals surface area contributed by atoms with E-state index in [2.05, 4.69) is 10.1 Å². The summed E-state index contributed by atoms with van der Waals surface area (Å²) in [5, 5.41) is 15.0. The molecule has 1 atom stereocenters. The number of aromatic nitrogens is 3. The van der Waals surface area contributed by atoms with Crippen LogP contribution >= 0.6 is 34.8 Å². The van der Waals surface area contributed by atoms with Gasteiger partial charge in [-0.1, -0.05) is 46.9 Å². The Hall–Kier alpha value is -1.02. The zero-order valence-corrected chi connectivity index (χ0v) is 13.7. The van der Waals surface area contributed by atoms with Crippen LogP contribution in [0.5, 0.6) is 0 Å². The Morgan fingerprint density at radius 2 is 1.74 bits per heavy atom. The van der Waals surface area contributed by atoms with Crippen molar-refractivity contribution < 1.29 is 18.3 Å². The molecule has 23 heavy (non-hydrogen) atoms. The second-order valence-corrected chi connectivity index (χ2v) is 6.93. The van der Waals surface area contributed by atoms with Gasteiger partial charge in [0.15, 0.2) is 0 Å². The van der Waals surface area contributed by atoms with Crippen molar-refractivity contribution in [1.82, 2.24) is 14.8 Å². The van der Waals surface area contributed by atoms with Crippen LogP contribution in [0.4, 0.5) is 13.2 Å². The van der Waals surface area contributed by atoms with Crippen LogP contribution in [0.3, 0.4) is 0 Å². The van der Waals surface area contributed by atoms with Gasteiger partial charge < -0.3 is 5.11 Å². The Morgan fingerprint density at radius 3 is 2.22 bits per heavy atom. The highest BCUT2D eigenvalue weighted by Gasteiger charge is 2.56. The fraction of sp³-hybridized carbons (Fsp3) is 0.385. The summed E-state index contributed by atoms with van der Waals surface area (Å²) in [7, 11) is 0. The third-order valence-electron chi connectivity index (χ3n) is 3.20. The smallest absolute Gasteiger partial charge is 0.383 e. The number of halogens is 6. The molecule has 126 valence electrons. The lowest BCUT2D eigenvalue weighted by Gasteiger charge is -2.34. The predicted octanol–water partition coefficient (Wildman–Crippen LogP) is 3.95. The first kappa shape index (κ1) is 18.3. The van der Waals surface area contributed by atoms with E-state index in [1.165, 1.54) is 41.6 Å². The summed E-state index contributed by atoms with van der Waals surface area (Å²) in [6.07, 6.45) is -3.45. The summed E-state index contributed by atoms with van der Waals surface area (Å²) in [5.74, 6) is 0. The normalized spacial score (nSPS) is 15.4. The number of alkyl halides is 5. The largest absolute Gasteiger partial charge is 0.421 e.